The first-order chi connectivity index (χ1) is 14.3. The molecule has 0 bridgehead atoms. The minimum absolute atomic E-state index is 0.0585. The summed E-state index contributed by atoms with van der Waals surface area (Å²) in [6, 6.07) is 21.1. The van der Waals surface area contributed by atoms with Gasteiger partial charge in [-0.05, 0) is 49.8 Å². The summed E-state index contributed by atoms with van der Waals surface area (Å²) >= 11 is 6.47. The van der Waals surface area contributed by atoms with Crippen molar-refractivity contribution in [1.82, 2.24) is 0 Å². The van der Waals surface area contributed by atoms with Crippen LogP contribution in [0.4, 0.5) is 17.1 Å². The Morgan fingerprint density at radius 2 is 1.73 bits per heavy atom. The molecule has 1 atom stereocenters. The topological polar surface area (TPSA) is 55.6 Å². The van der Waals surface area contributed by atoms with Crippen LogP contribution in [0.25, 0.3) is 6.08 Å². The standard InChI is InChI=1S/C24H19ClN2O3/c1-23(2)19-10-6-7-11-21(19)26(17-8-4-3-5-9-17)24(23)13-12-16-14-18(27(28)29)15-20(25)22(16)30-24/h3-15H,1-2H3/t24-/m0/s1. The van der Waals surface area contributed by atoms with Crippen LogP contribution in [0.1, 0.15) is 25.0 Å². The van der Waals surface area contributed by atoms with Crippen LogP contribution in [-0.4, -0.2) is 10.6 Å². The average Bonchev–Trinajstić information content (AvgIpc) is 2.93. The van der Waals surface area contributed by atoms with Crippen LogP contribution < -0.4 is 9.64 Å². The van der Waals surface area contributed by atoms with Gasteiger partial charge < -0.3 is 4.74 Å². The molecule has 2 aliphatic heterocycles. The summed E-state index contributed by atoms with van der Waals surface area (Å²) in [5.41, 5.74) is 2.42. The number of nitrogens with zero attached hydrogens (tertiary/aromatic N) is 2. The molecule has 5 rings (SSSR count). The van der Waals surface area contributed by atoms with Gasteiger partial charge in [-0.1, -0.05) is 48.0 Å². The second-order valence-corrected chi connectivity index (χ2v) is 8.46. The number of hydrogen-bond donors (Lipinski definition) is 0. The SMILES string of the molecule is CC1(C)c2ccccc2N(c2ccccc2)[C@]12C=Cc1cc([N+](=O)[O-])cc(Cl)c1O2. The van der Waals surface area contributed by atoms with Crippen LogP contribution >= 0.6 is 11.6 Å². The summed E-state index contributed by atoms with van der Waals surface area (Å²) < 4.78 is 6.70. The maximum atomic E-state index is 11.3. The molecule has 0 aliphatic carbocycles. The van der Waals surface area contributed by atoms with Gasteiger partial charge in [0, 0.05) is 29.1 Å². The largest absolute Gasteiger partial charge is 0.461 e. The fourth-order valence-corrected chi connectivity index (χ4v) is 4.80. The summed E-state index contributed by atoms with van der Waals surface area (Å²) in [6.07, 6.45) is 3.86. The first-order valence-electron chi connectivity index (χ1n) is 9.66. The molecule has 0 radical (unpaired) electrons. The molecule has 0 fully saturated rings. The third-order valence-electron chi connectivity index (χ3n) is 6.07. The minimum atomic E-state index is -0.884. The zero-order chi connectivity index (χ0) is 21.1. The van der Waals surface area contributed by atoms with Crippen molar-refractivity contribution in [3.8, 4) is 5.75 Å². The predicted molar refractivity (Wildman–Crippen MR) is 119 cm³/mol. The van der Waals surface area contributed by atoms with E-state index in [1.165, 1.54) is 12.1 Å². The van der Waals surface area contributed by atoms with Gasteiger partial charge in [0.15, 0.2) is 0 Å². The summed E-state index contributed by atoms with van der Waals surface area (Å²) in [5.74, 6) is 0.451. The van der Waals surface area contributed by atoms with E-state index in [1.807, 2.05) is 54.6 Å². The molecule has 3 aromatic rings. The van der Waals surface area contributed by atoms with Crippen LogP contribution in [0.5, 0.6) is 5.75 Å². The van der Waals surface area contributed by atoms with E-state index in [9.17, 15) is 10.1 Å². The van der Waals surface area contributed by atoms with Crippen LogP contribution in [0.2, 0.25) is 5.02 Å². The lowest BCUT2D eigenvalue weighted by atomic mass is 9.76. The smallest absolute Gasteiger partial charge is 0.271 e. The van der Waals surface area contributed by atoms with E-state index >= 15 is 0 Å². The predicted octanol–water partition coefficient (Wildman–Crippen LogP) is 6.48. The number of anilines is 2. The van der Waals surface area contributed by atoms with Crippen LogP contribution in [0.15, 0.2) is 72.8 Å². The van der Waals surface area contributed by atoms with Gasteiger partial charge in [-0.25, -0.2) is 0 Å². The molecule has 1 spiro atoms. The van der Waals surface area contributed by atoms with Gasteiger partial charge in [-0.15, -0.1) is 0 Å². The number of benzene rings is 3. The molecule has 6 heteroatoms. The van der Waals surface area contributed by atoms with E-state index in [1.54, 1.807) is 0 Å². The van der Waals surface area contributed by atoms with Crippen molar-refractivity contribution >= 4 is 34.7 Å². The number of fused-ring (bicyclic) bond motifs is 2. The van der Waals surface area contributed by atoms with Crippen LogP contribution in [0.3, 0.4) is 0 Å². The van der Waals surface area contributed by atoms with Crippen molar-refractivity contribution < 1.29 is 9.66 Å². The number of nitro benzene ring substituents is 1. The molecule has 0 unspecified atom stereocenters. The van der Waals surface area contributed by atoms with E-state index in [-0.39, 0.29) is 10.7 Å². The quantitative estimate of drug-likeness (QED) is 0.353. The summed E-state index contributed by atoms with van der Waals surface area (Å²) in [7, 11) is 0. The number of halogens is 1. The molecule has 0 N–H and O–H groups in total. The number of ether oxygens (including phenoxy) is 1. The van der Waals surface area contributed by atoms with E-state index < -0.39 is 16.1 Å². The second kappa shape index (κ2) is 6.34. The molecule has 2 heterocycles. The number of hydrogen-bond acceptors (Lipinski definition) is 4. The van der Waals surface area contributed by atoms with Crippen molar-refractivity contribution in [2.75, 3.05) is 4.90 Å². The van der Waals surface area contributed by atoms with Gasteiger partial charge in [0.1, 0.15) is 5.75 Å². The molecular weight excluding hydrogens is 400 g/mol. The van der Waals surface area contributed by atoms with E-state index in [0.29, 0.717) is 11.3 Å². The van der Waals surface area contributed by atoms with Gasteiger partial charge in [0.25, 0.3) is 5.69 Å². The molecular formula is C24H19ClN2O3. The second-order valence-electron chi connectivity index (χ2n) is 8.05. The summed E-state index contributed by atoms with van der Waals surface area (Å²) in [4.78, 5) is 13.0. The fourth-order valence-electron chi connectivity index (χ4n) is 4.54. The Hall–Kier alpha value is -3.31. The van der Waals surface area contributed by atoms with E-state index in [4.69, 9.17) is 16.3 Å². The number of rotatable bonds is 2. The molecule has 0 amide bonds. The Morgan fingerprint density at radius 3 is 2.47 bits per heavy atom. The molecule has 0 aromatic heterocycles. The van der Waals surface area contributed by atoms with Crippen molar-refractivity contribution in [2.24, 2.45) is 0 Å². The molecule has 2 aliphatic rings. The zero-order valence-electron chi connectivity index (χ0n) is 16.5. The summed E-state index contributed by atoms with van der Waals surface area (Å²) in [5, 5.41) is 11.5. The average molecular weight is 419 g/mol. The minimum Gasteiger partial charge on any atom is -0.461 e. The highest BCUT2D eigenvalue weighted by Crippen LogP contribution is 2.58. The summed E-state index contributed by atoms with van der Waals surface area (Å²) in [6.45, 7) is 4.28. The third kappa shape index (κ3) is 2.42. The fraction of sp³-hybridized carbons (Fsp3) is 0.167. The lowest BCUT2D eigenvalue weighted by Crippen LogP contribution is -2.57. The van der Waals surface area contributed by atoms with Gasteiger partial charge in [0.05, 0.1) is 15.4 Å². The third-order valence-corrected chi connectivity index (χ3v) is 6.36. The van der Waals surface area contributed by atoms with E-state index in [2.05, 4.69) is 30.9 Å². The van der Waals surface area contributed by atoms with Crippen molar-refractivity contribution in [3.63, 3.8) is 0 Å². The highest BCUT2D eigenvalue weighted by atomic mass is 35.5. The maximum Gasteiger partial charge on any atom is 0.271 e. The first-order valence-corrected chi connectivity index (χ1v) is 10.0. The van der Waals surface area contributed by atoms with Crippen LogP contribution in [0, 0.1) is 10.1 Å². The Balaban J connectivity index is 1.75. The normalized spacial score (nSPS) is 20.6. The lowest BCUT2D eigenvalue weighted by molar-refractivity contribution is -0.384. The molecule has 150 valence electrons. The molecule has 30 heavy (non-hydrogen) atoms. The first kappa shape index (κ1) is 18.7. The van der Waals surface area contributed by atoms with Crippen molar-refractivity contribution in [1.29, 1.82) is 0 Å². The lowest BCUT2D eigenvalue weighted by Gasteiger charge is -2.47. The Kier molecular flexibility index (Phi) is 3.95. The van der Waals surface area contributed by atoms with Gasteiger partial charge in [0.2, 0.25) is 5.72 Å². The molecule has 0 saturated carbocycles. The maximum absolute atomic E-state index is 11.3. The molecule has 5 nitrogen and oxygen atoms in total. The number of nitro groups is 1. The van der Waals surface area contributed by atoms with Gasteiger partial charge in [-0.2, -0.15) is 0 Å². The van der Waals surface area contributed by atoms with Crippen molar-refractivity contribution in [2.45, 2.75) is 25.0 Å². The highest BCUT2D eigenvalue weighted by molar-refractivity contribution is 6.32. The van der Waals surface area contributed by atoms with E-state index in [0.717, 1.165) is 16.9 Å². The highest BCUT2D eigenvalue weighted by Gasteiger charge is 2.59. The Labute approximate surface area is 179 Å². The molecule has 3 aromatic carbocycles. The number of non-ortho nitro benzene ring substituents is 1. The Morgan fingerprint density at radius 1 is 1.03 bits per heavy atom. The van der Waals surface area contributed by atoms with Gasteiger partial charge >= 0.3 is 0 Å². The Bertz CT molecular complexity index is 1210. The van der Waals surface area contributed by atoms with Crippen molar-refractivity contribution in [3.05, 3.63) is 99.1 Å². The molecule has 0 saturated heterocycles. The number of para-hydroxylation sites is 2. The zero-order valence-corrected chi connectivity index (χ0v) is 17.3. The van der Waals surface area contributed by atoms with Gasteiger partial charge in [-0.3, -0.25) is 15.0 Å². The van der Waals surface area contributed by atoms with Crippen LogP contribution in [-0.2, 0) is 5.41 Å². The monoisotopic (exact) mass is 418 g/mol.